The zero-order valence-corrected chi connectivity index (χ0v) is 26.9. The van der Waals surface area contributed by atoms with Crippen molar-refractivity contribution in [3.63, 3.8) is 0 Å². The van der Waals surface area contributed by atoms with Gasteiger partial charge in [-0.1, -0.05) is 6.92 Å². The minimum atomic E-state index is -0.530. The van der Waals surface area contributed by atoms with Crippen LogP contribution in [0.4, 0.5) is 10.5 Å². The second-order valence-corrected chi connectivity index (χ2v) is 14.2. The minimum absolute atomic E-state index is 0.0110. The van der Waals surface area contributed by atoms with Crippen molar-refractivity contribution >= 4 is 23.6 Å². The van der Waals surface area contributed by atoms with E-state index < -0.39 is 5.60 Å². The molecule has 0 saturated carbocycles. The van der Waals surface area contributed by atoms with Gasteiger partial charge in [0.15, 0.2) is 0 Å². The van der Waals surface area contributed by atoms with Crippen LogP contribution in [0.1, 0.15) is 83.1 Å². The van der Waals surface area contributed by atoms with E-state index in [1.54, 1.807) is 4.90 Å². The number of carbonyl (C=O) groups excluding carboxylic acids is 3. The zero-order valence-electron chi connectivity index (χ0n) is 26.9. The third kappa shape index (κ3) is 6.35. The summed E-state index contributed by atoms with van der Waals surface area (Å²) in [6.07, 6.45) is 2.75. The molecule has 4 heterocycles. The predicted molar refractivity (Wildman–Crippen MR) is 164 cm³/mol. The molecule has 1 aromatic rings. The number of hydrogen-bond acceptors (Lipinski definition) is 8. The Morgan fingerprint density at radius 1 is 1.16 bits per heavy atom. The lowest BCUT2D eigenvalue weighted by Crippen LogP contribution is -2.62. The highest BCUT2D eigenvalue weighted by atomic mass is 16.6. The van der Waals surface area contributed by atoms with Gasteiger partial charge in [0.25, 0.3) is 5.91 Å². The van der Waals surface area contributed by atoms with Crippen molar-refractivity contribution in [3.8, 4) is 0 Å². The molecular formula is C32H50N6O5. The topological polar surface area (TPSA) is 115 Å². The molecule has 238 valence electrons. The van der Waals surface area contributed by atoms with E-state index >= 15 is 0 Å². The number of likely N-dealkylation sites (tertiary alicyclic amines) is 1. The van der Waals surface area contributed by atoms with Gasteiger partial charge in [0, 0.05) is 49.0 Å². The quantitative estimate of drug-likeness (QED) is 0.472. The second kappa shape index (κ2) is 11.9. The van der Waals surface area contributed by atoms with Gasteiger partial charge >= 0.3 is 6.09 Å². The van der Waals surface area contributed by atoms with Gasteiger partial charge in [-0.3, -0.25) is 9.59 Å². The maximum Gasteiger partial charge on any atom is 0.410 e. The molecule has 3 atom stereocenters. The molecule has 3 N–H and O–H groups in total. The van der Waals surface area contributed by atoms with Crippen LogP contribution in [-0.2, 0) is 14.3 Å². The van der Waals surface area contributed by atoms with Crippen LogP contribution in [0.3, 0.4) is 0 Å². The van der Waals surface area contributed by atoms with Crippen LogP contribution in [-0.4, -0.2) is 101 Å². The van der Waals surface area contributed by atoms with Crippen LogP contribution in [0, 0.1) is 12.8 Å². The lowest BCUT2D eigenvalue weighted by Gasteiger charge is -2.49. The molecular weight excluding hydrogens is 548 g/mol. The molecule has 1 aromatic carbocycles. The van der Waals surface area contributed by atoms with Gasteiger partial charge < -0.3 is 29.9 Å². The third-order valence-corrected chi connectivity index (χ3v) is 9.61. The number of amides is 3. The molecule has 0 aromatic heterocycles. The number of aryl methyl sites for hydroxylation is 1. The molecule has 43 heavy (non-hydrogen) atoms. The number of nitrogens with one attached hydrogen (secondary N) is 3. The Kier molecular flexibility index (Phi) is 8.72. The molecule has 3 unspecified atom stereocenters. The Bertz CT molecular complexity index is 1220. The molecule has 5 rings (SSSR count). The van der Waals surface area contributed by atoms with E-state index in [-0.39, 0.29) is 47.1 Å². The Morgan fingerprint density at radius 3 is 2.51 bits per heavy atom. The molecule has 4 aliphatic rings. The SMILES string of the molecule is CCC1(N2NC(Nc3ccc(C(=O)N4CCOCC4(C)C)c(C)c3)C3C(=O)NCCC32)CCN(C(=O)OC(C)(C)C)CC1. The van der Waals surface area contributed by atoms with Crippen LogP contribution >= 0.6 is 0 Å². The van der Waals surface area contributed by atoms with Crippen molar-refractivity contribution in [2.45, 2.75) is 103 Å². The summed E-state index contributed by atoms with van der Waals surface area (Å²) >= 11 is 0. The van der Waals surface area contributed by atoms with Crippen LogP contribution < -0.4 is 16.1 Å². The highest BCUT2D eigenvalue weighted by Crippen LogP contribution is 2.40. The number of hydrazine groups is 1. The fourth-order valence-corrected chi connectivity index (χ4v) is 7.17. The van der Waals surface area contributed by atoms with Gasteiger partial charge in [-0.15, -0.1) is 0 Å². The maximum atomic E-state index is 13.5. The number of morpholine rings is 1. The van der Waals surface area contributed by atoms with E-state index in [0.717, 1.165) is 36.9 Å². The predicted octanol–water partition coefficient (Wildman–Crippen LogP) is 3.49. The summed E-state index contributed by atoms with van der Waals surface area (Å²) in [5, 5.41) is 9.00. The van der Waals surface area contributed by atoms with E-state index in [4.69, 9.17) is 9.47 Å². The van der Waals surface area contributed by atoms with Crippen molar-refractivity contribution in [2.75, 3.05) is 44.7 Å². The van der Waals surface area contributed by atoms with Crippen molar-refractivity contribution < 1.29 is 23.9 Å². The van der Waals surface area contributed by atoms with Crippen LogP contribution in [0.5, 0.6) is 0 Å². The monoisotopic (exact) mass is 598 g/mol. The number of fused-ring (bicyclic) bond motifs is 1. The van der Waals surface area contributed by atoms with Crippen LogP contribution in [0.25, 0.3) is 0 Å². The van der Waals surface area contributed by atoms with Gasteiger partial charge in [0.05, 0.1) is 24.7 Å². The van der Waals surface area contributed by atoms with Crippen molar-refractivity contribution in [3.05, 3.63) is 29.3 Å². The zero-order chi connectivity index (χ0) is 31.2. The Labute approximate surface area is 256 Å². The average Bonchev–Trinajstić information content (AvgIpc) is 3.31. The summed E-state index contributed by atoms with van der Waals surface area (Å²) in [5.41, 5.74) is 5.05. The number of piperidine rings is 2. The summed E-state index contributed by atoms with van der Waals surface area (Å²) in [6.45, 7) is 17.4. The lowest BCUT2D eigenvalue weighted by atomic mass is 9.81. The van der Waals surface area contributed by atoms with Crippen molar-refractivity contribution in [1.29, 1.82) is 0 Å². The molecule has 3 amide bonds. The number of benzene rings is 1. The number of carbonyl (C=O) groups is 3. The Balaban J connectivity index is 1.32. The van der Waals surface area contributed by atoms with Crippen LogP contribution in [0.15, 0.2) is 18.2 Å². The Morgan fingerprint density at radius 2 is 1.88 bits per heavy atom. The fraction of sp³-hybridized carbons (Fsp3) is 0.719. The van der Waals surface area contributed by atoms with Crippen molar-refractivity contribution in [1.82, 2.24) is 25.6 Å². The average molecular weight is 599 g/mol. The molecule has 0 aliphatic carbocycles. The molecule has 11 nitrogen and oxygen atoms in total. The second-order valence-electron chi connectivity index (χ2n) is 14.2. The number of nitrogens with zero attached hydrogens (tertiary/aromatic N) is 3. The summed E-state index contributed by atoms with van der Waals surface area (Å²) in [7, 11) is 0. The fourth-order valence-electron chi connectivity index (χ4n) is 7.17. The molecule has 0 radical (unpaired) electrons. The number of rotatable bonds is 5. The lowest BCUT2D eigenvalue weighted by molar-refractivity contribution is -0.128. The maximum absolute atomic E-state index is 13.5. The molecule has 4 saturated heterocycles. The smallest absolute Gasteiger partial charge is 0.410 e. The van der Waals surface area contributed by atoms with E-state index in [9.17, 15) is 14.4 Å². The summed E-state index contributed by atoms with van der Waals surface area (Å²) < 4.78 is 11.2. The first kappa shape index (κ1) is 31.5. The highest BCUT2D eigenvalue weighted by molar-refractivity contribution is 5.96. The van der Waals surface area contributed by atoms with E-state index in [0.29, 0.717) is 45.0 Å². The standard InChI is InChI=1S/C32H50N6O5/c1-8-32(12-15-36(16-13-32)29(41)43-30(3,4)5)38-24-11-14-33-27(39)25(24)26(35-38)34-22-9-10-23(21(2)19-22)28(40)37-17-18-42-20-31(37,6)7/h9-10,19,24-26,34-35H,8,11-18,20H2,1-7H3,(H,33,39). The van der Waals surface area contributed by atoms with Gasteiger partial charge in [-0.2, -0.15) is 0 Å². The van der Waals surface area contributed by atoms with E-state index in [1.165, 1.54) is 0 Å². The largest absolute Gasteiger partial charge is 0.444 e. The van der Waals surface area contributed by atoms with Crippen molar-refractivity contribution in [2.24, 2.45) is 5.92 Å². The Hall–Kier alpha value is -2.89. The molecule has 0 bridgehead atoms. The summed E-state index contributed by atoms with van der Waals surface area (Å²) in [5.74, 6) is -0.229. The van der Waals surface area contributed by atoms with Gasteiger partial charge in [-0.25, -0.2) is 15.2 Å². The first-order valence-corrected chi connectivity index (χ1v) is 15.8. The van der Waals surface area contributed by atoms with E-state index in [1.807, 2.05) is 64.6 Å². The molecule has 11 heteroatoms. The molecule has 0 spiro atoms. The normalized spacial score (nSPS) is 27.3. The number of hydrogen-bond donors (Lipinski definition) is 3. The first-order valence-electron chi connectivity index (χ1n) is 15.8. The number of ether oxygens (including phenoxy) is 2. The summed E-state index contributed by atoms with van der Waals surface area (Å²) in [6, 6.07) is 5.85. The van der Waals surface area contributed by atoms with Crippen LogP contribution in [0.2, 0.25) is 0 Å². The first-order chi connectivity index (χ1) is 20.2. The number of anilines is 1. The van der Waals surface area contributed by atoms with Gasteiger partial charge in [-0.05, 0) is 91.0 Å². The highest BCUT2D eigenvalue weighted by Gasteiger charge is 2.54. The molecule has 4 aliphatic heterocycles. The van der Waals surface area contributed by atoms with Gasteiger partial charge in [0.1, 0.15) is 11.8 Å². The minimum Gasteiger partial charge on any atom is -0.444 e. The van der Waals surface area contributed by atoms with E-state index in [2.05, 4.69) is 28.0 Å². The summed E-state index contributed by atoms with van der Waals surface area (Å²) in [4.78, 5) is 43.2. The van der Waals surface area contributed by atoms with Gasteiger partial charge in [0.2, 0.25) is 5.91 Å². The molecule has 4 fully saturated rings. The third-order valence-electron chi connectivity index (χ3n) is 9.61.